The molecule has 2 aromatic rings. The van der Waals surface area contributed by atoms with Gasteiger partial charge in [0.1, 0.15) is 0 Å². The van der Waals surface area contributed by atoms with E-state index in [9.17, 15) is 0 Å². The molecule has 0 bridgehead atoms. The Kier molecular flexibility index (Phi) is 2.97. The third kappa shape index (κ3) is 2.73. The maximum Gasteiger partial charge on any atom is 0.0725 e. The van der Waals surface area contributed by atoms with E-state index >= 15 is 0 Å². The van der Waals surface area contributed by atoms with Crippen molar-refractivity contribution in [2.75, 3.05) is 0 Å². The van der Waals surface area contributed by atoms with Gasteiger partial charge < -0.3 is 0 Å². The van der Waals surface area contributed by atoms with Gasteiger partial charge in [-0.05, 0) is 36.2 Å². The standard InChI is InChI=1S/C16H15N/c1-16(2,12-17)10-9-13-7-8-14-5-3-4-6-15(14)11-13/h3-11H,1-2H3. The number of hydrogen-bond acceptors (Lipinski definition) is 1. The average molecular weight is 221 g/mol. The van der Waals surface area contributed by atoms with Gasteiger partial charge in [0.25, 0.3) is 0 Å². The number of nitriles is 1. The predicted octanol–water partition coefficient (Wildman–Crippen LogP) is 4.40. The van der Waals surface area contributed by atoms with Crippen LogP contribution in [0.1, 0.15) is 19.4 Å². The first-order valence-corrected chi connectivity index (χ1v) is 5.70. The van der Waals surface area contributed by atoms with Crippen molar-refractivity contribution in [2.24, 2.45) is 5.41 Å². The SMILES string of the molecule is CC(C)(C#N)C=Cc1ccc2ccccc2c1. The normalized spacial score (nSPS) is 11.8. The van der Waals surface area contributed by atoms with Gasteiger partial charge in [0.15, 0.2) is 0 Å². The molecule has 1 heteroatoms. The van der Waals surface area contributed by atoms with Crippen LogP contribution in [0.2, 0.25) is 0 Å². The summed E-state index contributed by atoms with van der Waals surface area (Å²) < 4.78 is 0. The van der Waals surface area contributed by atoms with Crippen LogP contribution in [0.15, 0.2) is 48.5 Å². The maximum atomic E-state index is 8.94. The topological polar surface area (TPSA) is 23.8 Å². The van der Waals surface area contributed by atoms with Crippen molar-refractivity contribution in [1.82, 2.24) is 0 Å². The lowest BCUT2D eigenvalue weighted by molar-refractivity contribution is 0.647. The second kappa shape index (κ2) is 4.43. The lowest BCUT2D eigenvalue weighted by Gasteiger charge is -2.07. The van der Waals surface area contributed by atoms with E-state index in [1.165, 1.54) is 10.8 Å². The molecule has 2 rings (SSSR count). The number of hydrogen-bond donors (Lipinski definition) is 0. The lowest BCUT2D eigenvalue weighted by atomic mass is 9.94. The lowest BCUT2D eigenvalue weighted by Crippen LogP contribution is -2.01. The molecule has 0 radical (unpaired) electrons. The summed E-state index contributed by atoms with van der Waals surface area (Å²) in [5, 5.41) is 11.4. The molecule has 2 aromatic carbocycles. The largest absolute Gasteiger partial charge is 0.197 e. The molecule has 0 fully saturated rings. The number of rotatable bonds is 2. The Labute approximate surface area is 102 Å². The zero-order valence-electron chi connectivity index (χ0n) is 10.1. The molecule has 0 heterocycles. The first-order valence-electron chi connectivity index (χ1n) is 5.70. The van der Waals surface area contributed by atoms with Crippen LogP contribution >= 0.6 is 0 Å². The minimum atomic E-state index is -0.411. The van der Waals surface area contributed by atoms with E-state index in [1.54, 1.807) is 0 Å². The summed E-state index contributed by atoms with van der Waals surface area (Å²) in [7, 11) is 0. The minimum absolute atomic E-state index is 0.411. The highest BCUT2D eigenvalue weighted by Gasteiger charge is 2.10. The van der Waals surface area contributed by atoms with E-state index in [2.05, 4.69) is 36.4 Å². The molecule has 0 N–H and O–H groups in total. The molecular weight excluding hydrogens is 206 g/mol. The highest BCUT2D eigenvalue weighted by atomic mass is 14.3. The van der Waals surface area contributed by atoms with Gasteiger partial charge in [-0.25, -0.2) is 0 Å². The Morgan fingerprint density at radius 3 is 2.47 bits per heavy atom. The van der Waals surface area contributed by atoms with Gasteiger partial charge in [-0.2, -0.15) is 5.26 Å². The number of benzene rings is 2. The fourth-order valence-electron chi connectivity index (χ4n) is 1.65. The fourth-order valence-corrected chi connectivity index (χ4v) is 1.65. The highest BCUT2D eigenvalue weighted by Crippen LogP contribution is 2.20. The van der Waals surface area contributed by atoms with Crippen molar-refractivity contribution >= 4 is 16.8 Å². The molecular formula is C16H15N. The van der Waals surface area contributed by atoms with E-state index in [0.29, 0.717) is 0 Å². The molecule has 0 saturated heterocycles. The van der Waals surface area contributed by atoms with Gasteiger partial charge in [-0.15, -0.1) is 0 Å². The minimum Gasteiger partial charge on any atom is -0.197 e. The van der Waals surface area contributed by atoms with Gasteiger partial charge in [0.2, 0.25) is 0 Å². The van der Waals surface area contributed by atoms with E-state index in [0.717, 1.165) is 5.56 Å². The molecule has 0 aliphatic heterocycles. The van der Waals surface area contributed by atoms with Crippen LogP contribution in [-0.4, -0.2) is 0 Å². The first-order chi connectivity index (χ1) is 8.11. The van der Waals surface area contributed by atoms with Crippen LogP contribution in [0.4, 0.5) is 0 Å². The molecule has 0 saturated carbocycles. The van der Waals surface area contributed by atoms with E-state index in [-0.39, 0.29) is 0 Å². The molecule has 0 amide bonds. The summed E-state index contributed by atoms with van der Waals surface area (Å²) in [6.07, 6.45) is 3.95. The summed E-state index contributed by atoms with van der Waals surface area (Å²) in [4.78, 5) is 0. The second-order valence-corrected chi connectivity index (χ2v) is 4.77. The highest BCUT2D eigenvalue weighted by molar-refractivity contribution is 5.84. The van der Waals surface area contributed by atoms with Gasteiger partial charge in [0, 0.05) is 0 Å². The Balaban J connectivity index is 2.35. The molecule has 84 valence electrons. The van der Waals surface area contributed by atoms with Crippen molar-refractivity contribution in [3.8, 4) is 6.07 Å². The number of allylic oxidation sites excluding steroid dienone is 1. The summed E-state index contributed by atoms with van der Waals surface area (Å²) in [5.41, 5.74) is 0.720. The summed E-state index contributed by atoms with van der Waals surface area (Å²) >= 11 is 0. The van der Waals surface area contributed by atoms with Crippen LogP contribution in [0.5, 0.6) is 0 Å². The average Bonchev–Trinajstić information content (AvgIpc) is 2.36. The van der Waals surface area contributed by atoms with Crippen molar-refractivity contribution in [3.05, 3.63) is 54.1 Å². The predicted molar refractivity (Wildman–Crippen MR) is 72.4 cm³/mol. The Morgan fingerprint density at radius 1 is 1.06 bits per heavy atom. The smallest absolute Gasteiger partial charge is 0.0725 e. The second-order valence-electron chi connectivity index (χ2n) is 4.77. The molecule has 0 atom stereocenters. The van der Waals surface area contributed by atoms with Crippen LogP contribution in [-0.2, 0) is 0 Å². The zero-order chi connectivity index (χ0) is 12.3. The molecule has 0 aliphatic carbocycles. The van der Waals surface area contributed by atoms with E-state index in [4.69, 9.17) is 5.26 Å². The van der Waals surface area contributed by atoms with Gasteiger partial charge in [0.05, 0.1) is 11.5 Å². The van der Waals surface area contributed by atoms with E-state index < -0.39 is 5.41 Å². The Hall–Kier alpha value is -2.07. The van der Waals surface area contributed by atoms with Gasteiger partial charge in [-0.1, -0.05) is 48.6 Å². The quantitative estimate of drug-likeness (QED) is 0.737. The maximum absolute atomic E-state index is 8.94. The van der Waals surface area contributed by atoms with Crippen molar-refractivity contribution < 1.29 is 0 Å². The fraction of sp³-hybridized carbons (Fsp3) is 0.188. The Morgan fingerprint density at radius 2 is 1.76 bits per heavy atom. The monoisotopic (exact) mass is 221 g/mol. The van der Waals surface area contributed by atoms with Crippen molar-refractivity contribution in [3.63, 3.8) is 0 Å². The van der Waals surface area contributed by atoms with E-state index in [1.807, 2.05) is 38.1 Å². The third-order valence-corrected chi connectivity index (χ3v) is 2.75. The Bertz CT molecular complexity index is 600. The van der Waals surface area contributed by atoms with Crippen molar-refractivity contribution in [1.29, 1.82) is 5.26 Å². The van der Waals surface area contributed by atoms with Crippen LogP contribution in [0.3, 0.4) is 0 Å². The first kappa shape index (κ1) is 11.4. The summed E-state index contributed by atoms with van der Waals surface area (Å²) in [6, 6.07) is 16.9. The van der Waals surface area contributed by atoms with Crippen molar-refractivity contribution in [2.45, 2.75) is 13.8 Å². The molecule has 0 unspecified atom stereocenters. The number of nitrogens with zero attached hydrogens (tertiary/aromatic N) is 1. The van der Waals surface area contributed by atoms with Crippen LogP contribution < -0.4 is 0 Å². The van der Waals surface area contributed by atoms with Crippen LogP contribution in [0, 0.1) is 16.7 Å². The molecule has 0 aliphatic rings. The van der Waals surface area contributed by atoms with Gasteiger partial charge >= 0.3 is 0 Å². The number of fused-ring (bicyclic) bond motifs is 1. The zero-order valence-corrected chi connectivity index (χ0v) is 10.1. The summed E-state index contributed by atoms with van der Waals surface area (Å²) in [6.45, 7) is 3.81. The molecule has 0 spiro atoms. The molecule has 1 nitrogen and oxygen atoms in total. The molecule has 0 aromatic heterocycles. The summed E-state index contributed by atoms with van der Waals surface area (Å²) in [5.74, 6) is 0. The van der Waals surface area contributed by atoms with Gasteiger partial charge in [-0.3, -0.25) is 0 Å². The molecule has 17 heavy (non-hydrogen) atoms. The van der Waals surface area contributed by atoms with Crippen LogP contribution in [0.25, 0.3) is 16.8 Å². The third-order valence-electron chi connectivity index (χ3n) is 2.75.